The van der Waals surface area contributed by atoms with Gasteiger partial charge in [0.15, 0.2) is 0 Å². The molecule has 0 aliphatic rings. The van der Waals surface area contributed by atoms with E-state index >= 15 is 0 Å². The Hall–Kier alpha value is -1.25. The van der Waals surface area contributed by atoms with Crippen LogP contribution in [0, 0.1) is 0 Å². The molecule has 1 heterocycles. The number of unbranched alkanes of at least 4 members (excludes halogenated alkanes) is 1. The summed E-state index contributed by atoms with van der Waals surface area (Å²) in [5.41, 5.74) is 1.05. The molecule has 0 spiro atoms. The number of aromatic nitrogens is 1. The lowest BCUT2D eigenvalue weighted by Gasteiger charge is -2.16. The van der Waals surface area contributed by atoms with Crippen molar-refractivity contribution < 1.29 is 4.79 Å². The summed E-state index contributed by atoms with van der Waals surface area (Å²) in [5, 5.41) is 0. The van der Waals surface area contributed by atoms with Crippen LogP contribution in [-0.2, 0) is 11.2 Å². The highest BCUT2D eigenvalue weighted by Crippen LogP contribution is 2.01. The maximum atomic E-state index is 11.6. The van der Waals surface area contributed by atoms with Crippen molar-refractivity contribution in [2.75, 3.05) is 13.6 Å². The van der Waals surface area contributed by atoms with Crippen LogP contribution in [0.3, 0.4) is 0 Å². The predicted molar refractivity (Wildman–Crippen MR) is 57.0 cm³/mol. The second kappa shape index (κ2) is 5.47. The Morgan fingerprint density at radius 1 is 1.57 bits per heavy atom. The molecule has 0 aliphatic heterocycles. The zero-order valence-electron chi connectivity index (χ0n) is 8.92. The number of carbonyl (C=O) groups excluding carboxylic acids is 1. The van der Waals surface area contributed by atoms with Gasteiger partial charge in [-0.25, -0.2) is 0 Å². The molecule has 0 saturated carbocycles. The van der Waals surface area contributed by atoms with Gasteiger partial charge in [-0.2, -0.15) is 0 Å². The Morgan fingerprint density at radius 2 is 2.36 bits per heavy atom. The molecule has 0 unspecified atom stereocenters. The maximum Gasteiger partial charge on any atom is 0.226 e. The summed E-state index contributed by atoms with van der Waals surface area (Å²) in [6.07, 6.45) is 6.42. The number of likely N-dealkylation sites (N-methyl/N-ethyl adjacent to an activating group) is 1. The summed E-state index contributed by atoms with van der Waals surface area (Å²) in [6.45, 7) is 2.99. The van der Waals surface area contributed by atoms with E-state index in [0.29, 0.717) is 6.42 Å². The van der Waals surface area contributed by atoms with Crippen LogP contribution in [0.5, 0.6) is 0 Å². The van der Waals surface area contributed by atoms with Gasteiger partial charge in [-0.15, -0.1) is 0 Å². The molecule has 14 heavy (non-hydrogen) atoms. The third-order valence-electron chi connectivity index (χ3n) is 2.29. The Balaban J connectivity index is 2.34. The third kappa shape index (κ3) is 3.24. The number of aromatic amines is 1. The molecule has 0 atom stereocenters. The van der Waals surface area contributed by atoms with E-state index in [1.54, 1.807) is 4.90 Å². The SMILES string of the molecule is CCCCN(C)C(=O)Cc1cc[nH]c1. The van der Waals surface area contributed by atoms with Crippen molar-refractivity contribution >= 4 is 5.91 Å². The third-order valence-corrected chi connectivity index (χ3v) is 2.29. The van der Waals surface area contributed by atoms with Crippen molar-refractivity contribution in [1.29, 1.82) is 0 Å². The van der Waals surface area contributed by atoms with Crippen molar-refractivity contribution in [2.24, 2.45) is 0 Å². The zero-order valence-corrected chi connectivity index (χ0v) is 8.92. The number of carbonyl (C=O) groups is 1. The van der Waals surface area contributed by atoms with Crippen molar-refractivity contribution in [3.63, 3.8) is 0 Å². The summed E-state index contributed by atoms with van der Waals surface area (Å²) >= 11 is 0. The second-order valence-electron chi connectivity index (χ2n) is 3.56. The van der Waals surface area contributed by atoms with Crippen LogP contribution in [0.1, 0.15) is 25.3 Å². The monoisotopic (exact) mass is 194 g/mol. The minimum absolute atomic E-state index is 0.193. The zero-order chi connectivity index (χ0) is 10.4. The molecule has 0 aromatic carbocycles. The number of hydrogen-bond acceptors (Lipinski definition) is 1. The van der Waals surface area contributed by atoms with Gasteiger partial charge < -0.3 is 9.88 Å². The van der Waals surface area contributed by atoms with Gasteiger partial charge in [0, 0.05) is 26.0 Å². The molecule has 0 radical (unpaired) electrons. The summed E-state index contributed by atoms with van der Waals surface area (Å²) in [4.78, 5) is 16.4. The van der Waals surface area contributed by atoms with Crippen LogP contribution >= 0.6 is 0 Å². The molecule has 3 heteroatoms. The number of amides is 1. The van der Waals surface area contributed by atoms with Gasteiger partial charge in [0.05, 0.1) is 6.42 Å². The largest absolute Gasteiger partial charge is 0.367 e. The van der Waals surface area contributed by atoms with Gasteiger partial charge in [0.2, 0.25) is 5.91 Å². The molecule has 0 saturated heterocycles. The number of hydrogen-bond donors (Lipinski definition) is 1. The van der Waals surface area contributed by atoms with Crippen LogP contribution in [0.15, 0.2) is 18.5 Å². The lowest BCUT2D eigenvalue weighted by atomic mass is 10.2. The van der Waals surface area contributed by atoms with Gasteiger partial charge in [-0.05, 0) is 18.1 Å². The predicted octanol–water partition coefficient (Wildman–Crippen LogP) is 1.82. The molecular formula is C11H18N2O. The molecule has 3 nitrogen and oxygen atoms in total. The van der Waals surface area contributed by atoms with Crippen LogP contribution in [0.4, 0.5) is 0 Å². The Kier molecular flexibility index (Phi) is 4.23. The highest BCUT2D eigenvalue weighted by molar-refractivity contribution is 5.78. The van der Waals surface area contributed by atoms with Crippen LogP contribution < -0.4 is 0 Å². The van der Waals surface area contributed by atoms with Gasteiger partial charge in [0.1, 0.15) is 0 Å². The minimum Gasteiger partial charge on any atom is -0.367 e. The number of rotatable bonds is 5. The van der Waals surface area contributed by atoms with Crippen molar-refractivity contribution in [2.45, 2.75) is 26.2 Å². The standard InChI is InChI=1S/C11H18N2O/c1-3-4-7-13(2)11(14)8-10-5-6-12-9-10/h5-6,9,12H,3-4,7-8H2,1-2H3. The smallest absolute Gasteiger partial charge is 0.226 e. The highest BCUT2D eigenvalue weighted by atomic mass is 16.2. The van der Waals surface area contributed by atoms with E-state index < -0.39 is 0 Å². The van der Waals surface area contributed by atoms with E-state index in [1.165, 1.54) is 0 Å². The number of nitrogens with zero attached hydrogens (tertiary/aromatic N) is 1. The molecular weight excluding hydrogens is 176 g/mol. The lowest BCUT2D eigenvalue weighted by molar-refractivity contribution is -0.129. The van der Waals surface area contributed by atoms with Gasteiger partial charge >= 0.3 is 0 Å². The van der Waals surface area contributed by atoms with Crippen LogP contribution in [-0.4, -0.2) is 29.4 Å². The van der Waals surface area contributed by atoms with E-state index in [4.69, 9.17) is 0 Å². The molecule has 0 fully saturated rings. The average Bonchev–Trinajstić information content (AvgIpc) is 2.66. The molecule has 78 valence electrons. The topological polar surface area (TPSA) is 36.1 Å². The fourth-order valence-electron chi connectivity index (χ4n) is 1.30. The fourth-order valence-corrected chi connectivity index (χ4v) is 1.30. The summed E-state index contributed by atoms with van der Waals surface area (Å²) < 4.78 is 0. The van der Waals surface area contributed by atoms with Crippen LogP contribution in [0.25, 0.3) is 0 Å². The number of nitrogens with one attached hydrogen (secondary N) is 1. The van der Waals surface area contributed by atoms with Gasteiger partial charge in [0.25, 0.3) is 0 Å². The van der Waals surface area contributed by atoms with Gasteiger partial charge in [-0.3, -0.25) is 4.79 Å². The molecule has 1 aromatic rings. The first-order chi connectivity index (χ1) is 6.74. The second-order valence-corrected chi connectivity index (χ2v) is 3.56. The van der Waals surface area contributed by atoms with Crippen molar-refractivity contribution in [1.82, 2.24) is 9.88 Å². The molecule has 0 aliphatic carbocycles. The Labute approximate surface area is 85.1 Å². The first-order valence-corrected chi connectivity index (χ1v) is 5.09. The summed E-state index contributed by atoms with van der Waals surface area (Å²) in [5.74, 6) is 0.193. The summed E-state index contributed by atoms with van der Waals surface area (Å²) in [6, 6.07) is 1.94. The van der Waals surface area contributed by atoms with Crippen molar-refractivity contribution in [3.05, 3.63) is 24.0 Å². The van der Waals surface area contributed by atoms with E-state index in [-0.39, 0.29) is 5.91 Å². The summed E-state index contributed by atoms with van der Waals surface area (Å²) in [7, 11) is 1.87. The first-order valence-electron chi connectivity index (χ1n) is 5.09. The minimum atomic E-state index is 0.193. The molecule has 1 aromatic heterocycles. The van der Waals surface area contributed by atoms with Crippen molar-refractivity contribution in [3.8, 4) is 0 Å². The highest BCUT2D eigenvalue weighted by Gasteiger charge is 2.08. The molecule has 1 N–H and O–H groups in total. The normalized spacial score (nSPS) is 10.1. The maximum absolute atomic E-state index is 11.6. The van der Waals surface area contributed by atoms with Crippen LogP contribution in [0.2, 0.25) is 0 Å². The van der Waals surface area contributed by atoms with E-state index in [1.807, 2.05) is 25.5 Å². The van der Waals surface area contributed by atoms with Gasteiger partial charge in [-0.1, -0.05) is 13.3 Å². The lowest BCUT2D eigenvalue weighted by Crippen LogP contribution is -2.28. The molecule has 1 amide bonds. The van der Waals surface area contributed by atoms with E-state index in [0.717, 1.165) is 24.9 Å². The number of H-pyrrole nitrogens is 1. The quantitative estimate of drug-likeness (QED) is 0.762. The van der Waals surface area contributed by atoms with E-state index in [2.05, 4.69) is 11.9 Å². The fraction of sp³-hybridized carbons (Fsp3) is 0.545. The first kappa shape index (κ1) is 10.8. The Bertz CT molecular complexity index is 267. The molecule has 1 rings (SSSR count). The Morgan fingerprint density at radius 3 is 2.93 bits per heavy atom. The molecule has 0 bridgehead atoms. The average molecular weight is 194 g/mol. The van der Waals surface area contributed by atoms with E-state index in [9.17, 15) is 4.79 Å².